The molecule has 9 nitrogen and oxygen atoms in total. The number of likely N-dealkylation sites (N-methyl/N-ethyl adjacent to an activating group) is 1. The SMILES string of the molecule is CCCOc1ccc(N2C(=O)C(=O)N(CC(=O)N(CC)Cc3cccc(F)c3)C2=O)cc1OCCC. The fourth-order valence-corrected chi connectivity index (χ4v) is 3.63. The van der Waals surface area contributed by atoms with Gasteiger partial charge in [0.1, 0.15) is 12.4 Å². The fourth-order valence-electron chi connectivity index (χ4n) is 3.63. The predicted molar refractivity (Wildman–Crippen MR) is 130 cm³/mol. The van der Waals surface area contributed by atoms with Crippen molar-refractivity contribution in [2.75, 3.05) is 31.2 Å². The third kappa shape index (κ3) is 5.99. The molecule has 1 aliphatic rings. The van der Waals surface area contributed by atoms with Crippen LogP contribution in [0.2, 0.25) is 0 Å². The number of hydrogen-bond acceptors (Lipinski definition) is 6. The minimum atomic E-state index is -1.10. The smallest absolute Gasteiger partial charge is 0.339 e. The van der Waals surface area contributed by atoms with E-state index in [1.807, 2.05) is 13.8 Å². The van der Waals surface area contributed by atoms with Crippen molar-refractivity contribution in [1.82, 2.24) is 9.80 Å². The van der Waals surface area contributed by atoms with Gasteiger partial charge in [0.2, 0.25) is 5.91 Å². The summed E-state index contributed by atoms with van der Waals surface area (Å²) in [5.74, 6) is -2.34. The molecule has 2 aromatic rings. The number of anilines is 1. The van der Waals surface area contributed by atoms with Crippen LogP contribution < -0.4 is 14.4 Å². The molecule has 0 aromatic heterocycles. The van der Waals surface area contributed by atoms with Gasteiger partial charge in [0.25, 0.3) is 0 Å². The summed E-state index contributed by atoms with van der Waals surface area (Å²) in [7, 11) is 0. The average Bonchev–Trinajstić information content (AvgIpc) is 3.07. The van der Waals surface area contributed by atoms with Gasteiger partial charge in [0.15, 0.2) is 11.5 Å². The highest BCUT2D eigenvalue weighted by molar-refractivity contribution is 6.53. The molecule has 1 heterocycles. The Morgan fingerprint density at radius 3 is 2.25 bits per heavy atom. The molecule has 0 atom stereocenters. The maximum Gasteiger partial charge on any atom is 0.339 e. The van der Waals surface area contributed by atoms with Gasteiger partial charge in [-0.2, -0.15) is 0 Å². The van der Waals surface area contributed by atoms with Crippen molar-refractivity contribution >= 4 is 29.4 Å². The first-order chi connectivity index (χ1) is 17.3. The van der Waals surface area contributed by atoms with Crippen LogP contribution in [0.5, 0.6) is 11.5 Å². The second kappa shape index (κ2) is 12.1. The Bertz CT molecular complexity index is 1140. The summed E-state index contributed by atoms with van der Waals surface area (Å²) in [4.78, 5) is 54.1. The van der Waals surface area contributed by atoms with Crippen molar-refractivity contribution in [3.05, 3.63) is 53.8 Å². The fraction of sp³-hybridized carbons (Fsp3) is 0.385. The van der Waals surface area contributed by atoms with E-state index < -0.39 is 36.1 Å². The largest absolute Gasteiger partial charge is 0.490 e. The molecular formula is C26H30FN3O6. The number of nitrogens with zero attached hydrogens (tertiary/aromatic N) is 3. The number of imide groups is 2. The van der Waals surface area contributed by atoms with E-state index in [4.69, 9.17) is 9.47 Å². The summed E-state index contributed by atoms with van der Waals surface area (Å²) >= 11 is 0. The maximum absolute atomic E-state index is 13.5. The lowest BCUT2D eigenvalue weighted by atomic mass is 10.2. The standard InChI is InChI=1S/C26H30FN3O6/c1-4-12-35-21-11-10-20(15-22(21)36-13-5-2)30-25(33)24(32)29(26(30)34)17-23(31)28(6-3)16-18-8-7-9-19(27)14-18/h7-11,14-15H,4-6,12-13,16-17H2,1-3H3. The minimum Gasteiger partial charge on any atom is -0.490 e. The van der Waals surface area contributed by atoms with Gasteiger partial charge in [-0.25, -0.2) is 19.0 Å². The van der Waals surface area contributed by atoms with Crippen molar-refractivity contribution in [3.63, 3.8) is 0 Å². The van der Waals surface area contributed by atoms with E-state index in [9.17, 15) is 23.6 Å². The van der Waals surface area contributed by atoms with E-state index in [2.05, 4.69) is 0 Å². The lowest BCUT2D eigenvalue weighted by molar-refractivity contribution is -0.142. The molecule has 5 amide bonds. The molecule has 1 saturated heterocycles. The van der Waals surface area contributed by atoms with Gasteiger partial charge in [0, 0.05) is 19.2 Å². The molecule has 0 bridgehead atoms. The van der Waals surface area contributed by atoms with Crippen LogP contribution in [-0.4, -0.2) is 59.9 Å². The molecule has 0 N–H and O–H groups in total. The zero-order valence-corrected chi connectivity index (χ0v) is 20.7. The molecule has 0 unspecified atom stereocenters. The van der Waals surface area contributed by atoms with E-state index in [0.29, 0.717) is 35.2 Å². The Labute approximate surface area is 209 Å². The molecule has 0 saturated carbocycles. The van der Waals surface area contributed by atoms with Crippen LogP contribution in [0.1, 0.15) is 39.2 Å². The van der Waals surface area contributed by atoms with Crippen molar-refractivity contribution in [3.8, 4) is 11.5 Å². The van der Waals surface area contributed by atoms with Gasteiger partial charge in [-0.3, -0.25) is 14.4 Å². The lowest BCUT2D eigenvalue weighted by Crippen LogP contribution is -2.43. The second-order valence-electron chi connectivity index (χ2n) is 8.18. The normalized spacial score (nSPS) is 13.4. The molecule has 3 rings (SSSR count). The maximum atomic E-state index is 13.5. The number of carbonyl (C=O) groups is 4. The Kier molecular flexibility index (Phi) is 8.99. The number of hydrogen-bond donors (Lipinski definition) is 0. The van der Waals surface area contributed by atoms with E-state index in [-0.39, 0.29) is 18.8 Å². The lowest BCUT2D eigenvalue weighted by Gasteiger charge is -2.23. The van der Waals surface area contributed by atoms with Gasteiger partial charge >= 0.3 is 17.8 Å². The first-order valence-corrected chi connectivity index (χ1v) is 11.9. The van der Waals surface area contributed by atoms with Crippen LogP contribution in [0.25, 0.3) is 0 Å². The topological polar surface area (TPSA) is 96.5 Å². The molecule has 192 valence electrons. The molecule has 0 spiro atoms. The minimum absolute atomic E-state index is 0.0956. The Balaban J connectivity index is 1.79. The summed E-state index contributed by atoms with van der Waals surface area (Å²) < 4.78 is 24.9. The van der Waals surface area contributed by atoms with Crippen molar-refractivity contribution in [2.45, 2.75) is 40.2 Å². The zero-order chi connectivity index (χ0) is 26.2. The summed E-state index contributed by atoms with van der Waals surface area (Å²) in [6, 6.07) is 9.41. The number of carbonyl (C=O) groups excluding carboxylic acids is 4. The molecule has 36 heavy (non-hydrogen) atoms. The van der Waals surface area contributed by atoms with Gasteiger partial charge in [-0.05, 0) is 49.6 Å². The monoisotopic (exact) mass is 499 g/mol. The van der Waals surface area contributed by atoms with Crippen LogP contribution in [0.3, 0.4) is 0 Å². The third-order valence-electron chi connectivity index (χ3n) is 5.45. The van der Waals surface area contributed by atoms with E-state index in [1.54, 1.807) is 19.1 Å². The van der Waals surface area contributed by atoms with Crippen LogP contribution in [-0.2, 0) is 20.9 Å². The van der Waals surface area contributed by atoms with Crippen LogP contribution in [0.15, 0.2) is 42.5 Å². The Morgan fingerprint density at radius 2 is 1.61 bits per heavy atom. The van der Waals surface area contributed by atoms with Crippen LogP contribution >= 0.6 is 0 Å². The number of benzene rings is 2. The Hall–Kier alpha value is -3.95. The number of amides is 5. The van der Waals surface area contributed by atoms with Gasteiger partial charge < -0.3 is 14.4 Å². The quantitative estimate of drug-likeness (QED) is 0.326. The average molecular weight is 500 g/mol. The number of urea groups is 1. The van der Waals surface area contributed by atoms with E-state index >= 15 is 0 Å². The summed E-state index contributed by atoms with van der Waals surface area (Å²) in [6.45, 7) is 6.22. The highest BCUT2D eigenvalue weighted by Crippen LogP contribution is 2.34. The van der Waals surface area contributed by atoms with Gasteiger partial charge in [0.05, 0.1) is 18.9 Å². The van der Waals surface area contributed by atoms with Crippen LogP contribution in [0.4, 0.5) is 14.9 Å². The molecular weight excluding hydrogens is 469 g/mol. The van der Waals surface area contributed by atoms with Crippen LogP contribution in [0, 0.1) is 5.82 Å². The third-order valence-corrected chi connectivity index (χ3v) is 5.45. The molecule has 2 aromatic carbocycles. The number of rotatable bonds is 12. The van der Waals surface area contributed by atoms with Gasteiger partial charge in [-0.15, -0.1) is 0 Å². The van der Waals surface area contributed by atoms with Gasteiger partial charge in [-0.1, -0.05) is 26.0 Å². The molecule has 0 aliphatic carbocycles. The zero-order valence-electron chi connectivity index (χ0n) is 20.7. The first kappa shape index (κ1) is 26.7. The number of ether oxygens (including phenoxy) is 2. The van der Waals surface area contributed by atoms with Crippen molar-refractivity contribution < 1.29 is 33.0 Å². The Morgan fingerprint density at radius 1 is 0.917 bits per heavy atom. The highest BCUT2D eigenvalue weighted by Gasteiger charge is 2.46. The van der Waals surface area contributed by atoms with E-state index in [1.165, 1.54) is 35.2 Å². The number of halogens is 1. The van der Waals surface area contributed by atoms with Crippen molar-refractivity contribution in [1.29, 1.82) is 0 Å². The molecule has 10 heteroatoms. The summed E-state index contributed by atoms with van der Waals surface area (Å²) in [5, 5.41) is 0. The molecule has 1 fully saturated rings. The second-order valence-corrected chi connectivity index (χ2v) is 8.18. The summed E-state index contributed by atoms with van der Waals surface area (Å²) in [5.41, 5.74) is 0.697. The first-order valence-electron chi connectivity index (χ1n) is 11.9. The summed E-state index contributed by atoms with van der Waals surface area (Å²) in [6.07, 6.45) is 1.51. The van der Waals surface area contributed by atoms with E-state index in [0.717, 1.165) is 17.7 Å². The molecule has 0 radical (unpaired) electrons. The highest BCUT2D eigenvalue weighted by atomic mass is 19.1. The molecule has 1 aliphatic heterocycles. The van der Waals surface area contributed by atoms with Crippen molar-refractivity contribution in [2.24, 2.45) is 0 Å². The predicted octanol–water partition coefficient (Wildman–Crippen LogP) is 3.75.